The van der Waals surface area contributed by atoms with Crippen molar-refractivity contribution in [1.82, 2.24) is 14.9 Å². The van der Waals surface area contributed by atoms with Crippen molar-refractivity contribution in [3.63, 3.8) is 0 Å². The zero-order valence-electron chi connectivity index (χ0n) is 12.9. The Labute approximate surface area is 129 Å². The number of rotatable bonds is 3. The average Bonchev–Trinajstić information content (AvgIpc) is 2.91. The summed E-state index contributed by atoms with van der Waals surface area (Å²) >= 11 is 0. The zero-order chi connectivity index (χ0) is 15.7. The molecule has 0 amide bonds. The normalized spacial score (nSPS) is 18.1. The molecule has 3 heterocycles. The molecule has 1 aliphatic rings. The van der Waals surface area contributed by atoms with Crippen LogP contribution < -0.4 is 5.73 Å². The van der Waals surface area contributed by atoms with Gasteiger partial charge in [-0.15, -0.1) is 0 Å². The molecular weight excluding hydrogens is 278 g/mol. The molecule has 3 rings (SSSR count). The minimum Gasteiger partial charge on any atom is -0.440 e. The van der Waals surface area contributed by atoms with E-state index in [1.807, 2.05) is 19.2 Å². The molecule has 0 spiro atoms. The lowest BCUT2D eigenvalue weighted by atomic mass is 10.1. The molecule has 1 aliphatic heterocycles. The third kappa shape index (κ3) is 2.72. The SMILES string of the molecule is Cc1cnc(C2=NC(N)=CN(Cc3ncccc3C)C2C)o1. The Morgan fingerprint density at radius 1 is 1.32 bits per heavy atom. The van der Waals surface area contributed by atoms with Gasteiger partial charge in [0.15, 0.2) is 0 Å². The van der Waals surface area contributed by atoms with Gasteiger partial charge in [-0.25, -0.2) is 9.98 Å². The van der Waals surface area contributed by atoms with Gasteiger partial charge in [0.05, 0.1) is 24.5 Å². The smallest absolute Gasteiger partial charge is 0.243 e. The van der Waals surface area contributed by atoms with Gasteiger partial charge >= 0.3 is 0 Å². The number of nitrogens with two attached hydrogens (primary N) is 1. The van der Waals surface area contributed by atoms with Gasteiger partial charge in [0, 0.05) is 12.4 Å². The van der Waals surface area contributed by atoms with E-state index >= 15 is 0 Å². The molecule has 0 aromatic carbocycles. The van der Waals surface area contributed by atoms with E-state index < -0.39 is 0 Å². The van der Waals surface area contributed by atoms with Gasteiger partial charge in [-0.1, -0.05) is 6.07 Å². The largest absolute Gasteiger partial charge is 0.440 e. The van der Waals surface area contributed by atoms with Crippen molar-refractivity contribution in [3.8, 4) is 0 Å². The highest BCUT2D eigenvalue weighted by Crippen LogP contribution is 2.20. The van der Waals surface area contributed by atoms with E-state index in [1.165, 1.54) is 0 Å². The van der Waals surface area contributed by atoms with Gasteiger partial charge in [0.1, 0.15) is 17.3 Å². The Morgan fingerprint density at radius 2 is 2.14 bits per heavy atom. The van der Waals surface area contributed by atoms with Gasteiger partial charge in [0.25, 0.3) is 0 Å². The molecule has 0 bridgehead atoms. The molecule has 2 N–H and O–H groups in total. The molecule has 6 heteroatoms. The maximum Gasteiger partial charge on any atom is 0.243 e. The van der Waals surface area contributed by atoms with Crippen LogP contribution in [0.1, 0.15) is 29.8 Å². The third-order valence-corrected chi connectivity index (χ3v) is 3.73. The van der Waals surface area contributed by atoms with Gasteiger partial charge in [-0.2, -0.15) is 0 Å². The predicted molar refractivity (Wildman–Crippen MR) is 84.0 cm³/mol. The topological polar surface area (TPSA) is 80.5 Å². The number of hydrogen-bond acceptors (Lipinski definition) is 6. The Kier molecular flexibility index (Phi) is 3.66. The molecule has 1 atom stereocenters. The maximum absolute atomic E-state index is 5.96. The molecule has 0 radical (unpaired) electrons. The fraction of sp³-hybridized carbons (Fsp3) is 0.312. The third-order valence-electron chi connectivity index (χ3n) is 3.73. The number of nitrogens with zero attached hydrogens (tertiary/aromatic N) is 4. The molecule has 6 nitrogen and oxygen atoms in total. The Hall–Kier alpha value is -2.63. The lowest BCUT2D eigenvalue weighted by Gasteiger charge is -2.31. The van der Waals surface area contributed by atoms with E-state index in [2.05, 4.69) is 39.8 Å². The van der Waals surface area contributed by atoms with Crippen LogP contribution in [0.3, 0.4) is 0 Å². The van der Waals surface area contributed by atoms with Crippen LogP contribution >= 0.6 is 0 Å². The standard InChI is InChI=1S/C16H19N5O/c1-10-5-4-6-18-13(10)8-21-9-14(17)20-15(12(21)3)16-19-7-11(2)22-16/h4-7,9,12H,8,17H2,1-3H3. The molecule has 2 aromatic rings. The van der Waals surface area contributed by atoms with Crippen molar-refractivity contribution in [2.45, 2.75) is 33.4 Å². The molecule has 2 aromatic heterocycles. The van der Waals surface area contributed by atoms with E-state index in [1.54, 1.807) is 12.4 Å². The van der Waals surface area contributed by atoms with Crippen molar-refractivity contribution >= 4 is 5.71 Å². The summed E-state index contributed by atoms with van der Waals surface area (Å²) < 4.78 is 5.60. The average molecular weight is 297 g/mol. The fourth-order valence-electron chi connectivity index (χ4n) is 2.44. The monoisotopic (exact) mass is 297 g/mol. The maximum atomic E-state index is 5.96. The summed E-state index contributed by atoms with van der Waals surface area (Å²) in [6.45, 7) is 6.63. The number of hydrogen-bond donors (Lipinski definition) is 1. The van der Waals surface area contributed by atoms with Crippen molar-refractivity contribution in [3.05, 3.63) is 59.5 Å². The van der Waals surface area contributed by atoms with Crippen LogP contribution in [-0.4, -0.2) is 26.6 Å². The molecule has 0 saturated heterocycles. The number of aliphatic imine (C=N–C) groups is 1. The van der Waals surface area contributed by atoms with Crippen molar-refractivity contribution in [2.75, 3.05) is 0 Å². The molecule has 1 unspecified atom stereocenters. The second-order valence-corrected chi connectivity index (χ2v) is 5.44. The highest BCUT2D eigenvalue weighted by Gasteiger charge is 2.26. The number of oxazole rings is 1. The van der Waals surface area contributed by atoms with Crippen LogP contribution in [0.4, 0.5) is 0 Å². The highest BCUT2D eigenvalue weighted by molar-refractivity contribution is 6.01. The van der Waals surface area contributed by atoms with Crippen LogP contribution in [-0.2, 0) is 6.54 Å². The Bertz CT molecular complexity index is 746. The summed E-state index contributed by atoms with van der Waals surface area (Å²) in [6.07, 6.45) is 5.33. The summed E-state index contributed by atoms with van der Waals surface area (Å²) in [7, 11) is 0. The minimum absolute atomic E-state index is 0.00626. The van der Waals surface area contributed by atoms with Crippen molar-refractivity contribution < 1.29 is 4.42 Å². The number of aromatic nitrogens is 2. The predicted octanol–water partition coefficient (Wildman–Crippen LogP) is 2.14. The van der Waals surface area contributed by atoms with E-state index in [4.69, 9.17) is 10.2 Å². The van der Waals surface area contributed by atoms with Crippen molar-refractivity contribution in [2.24, 2.45) is 10.7 Å². The van der Waals surface area contributed by atoms with E-state index in [9.17, 15) is 0 Å². The molecule has 0 saturated carbocycles. The van der Waals surface area contributed by atoms with Crippen molar-refractivity contribution in [1.29, 1.82) is 0 Å². The molecular formula is C16H19N5O. The lowest BCUT2D eigenvalue weighted by Crippen LogP contribution is -2.39. The number of pyridine rings is 1. The van der Waals surface area contributed by atoms with Gasteiger partial charge in [0.2, 0.25) is 5.89 Å². The quantitative estimate of drug-likeness (QED) is 0.938. The van der Waals surface area contributed by atoms with Gasteiger partial charge in [-0.3, -0.25) is 4.98 Å². The van der Waals surface area contributed by atoms with Crippen LogP contribution in [0.15, 0.2) is 46.0 Å². The summed E-state index contributed by atoms with van der Waals surface area (Å²) in [5, 5.41) is 0. The molecule has 0 fully saturated rings. The Morgan fingerprint density at radius 3 is 2.82 bits per heavy atom. The fourth-order valence-corrected chi connectivity index (χ4v) is 2.44. The number of aryl methyl sites for hydroxylation is 2. The van der Waals surface area contributed by atoms with Crippen LogP contribution in [0, 0.1) is 13.8 Å². The first-order chi connectivity index (χ1) is 10.5. The second kappa shape index (κ2) is 5.63. The molecule has 22 heavy (non-hydrogen) atoms. The Balaban J connectivity index is 1.88. The molecule has 114 valence electrons. The van der Waals surface area contributed by atoms with Crippen LogP contribution in [0.5, 0.6) is 0 Å². The van der Waals surface area contributed by atoms with Crippen LogP contribution in [0.2, 0.25) is 0 Å². The van der Waals surface area contributed by atoms with Crippen LogP contribution in [0.25, 0.3) is 0 Å². The van der Waals surface area contributed by atoms with E-state index in [-0.39, 0.29) is 6.04 Å². The minimum atomic E-state index is 0.00626. The first kappa shape index (κ1) is 14.3. The van der Waals surface area contributed by atoms with E-state index in [0.717, 1.165) is 22.7 Å². The summed E-state index contributed by atoms with van der Waals surface area (Å²) in [5.74, 6) is 1.71. The van der Waals surface area contributed by atoms with Gasteiger partial charge in [-0.05, 0) is 32.4 Å². The summed E-state index contributed by atoms with van der Waals surface area (Å²) in [6, 6.07) is 3.99. The van der Waals surface area contributed by atoms with E-state index in [0.29, 0.717) is 18.3 Å². The van der Waals surface area contributed by atoms with Gasteiger partial charge < -0.3 is 15.1 Å². The zero-order valence-corrected chi connectivity index (χ0v) is 12.9. The lowest BCUT2D eigenvalue weighted by molar-refractivity contribution is 0.327. The first-order valence-electron chi connectivity index (χ1n) is 7.19. The summed E-state index contributed by atoms with van der Waals surface area (Å²) in [5.41, 5.74) is 8.86. The highest BCUT2D eigenvalue weighted by atomic mass is 16.4. The first-order valence-corrected chi connectivity index (χ1v) is 7.19. The second-order valence-electron chi connectivity index (χ2n) is 5.44. The summed E-state index contributed by atoms with van der Waals surface area (Å²) in [4.78, 5) is 15.2. The molecule has 0 aliphatic carbocycles.